The van der Waals surface area contributed by atoms with Crippen LogP contribution in [0.25, 0.3) is 31.8 Å². The Balaban J connectivity index is 1.36. The molecule has 0 fully saturated rings. The van der Waals surface area contributed by atoms with E-state index in [9.17, 15) is 12.8 Å². The lowest BCUT2D eigenvalue weighted by atomic mass is 10.1. The predicted molar refractivity (Wildman–Crippen MR) is 145 cm³/mol. The molecule has 1 N–H and O–H groups in total. The normalized spacial score (nSPS) is 11.9. The number of sulfonamides is 1. The molecule has 11 heteroatoms. The van der Waals surface area contributed by atoms with E-state index < -0.39 is 20.7 Å². The van der Waals surface area contributed by atoms with E-state index in [0.717, 1.165) is 54.7 Å². The fraction of sp³-hybridized carbons (Fsp3) is 0.222. The van der Waals surface area contributed by atoms with E-state index in [1.165, 1.54) is 29.5 Å². The fourth-order valence-corrected chi connectivity index (χ4v) is 6.31. The Kier molecular flexibility index (Phi) is 7.35. The molecule has 0 aliphatic rings. The van der Waals surface area contributed by atoms with Crippen LogP contribution in [0.1, 0.15) is 16.8 Å². The monoisotopic (exact) mass is 552 g/mol. The molecule has 0 amide bonds. The van der Waals surface area contributed by atoms with Gasteiger partial charge in [-0.05, 0) is 61.4 Å². The van der Waals surface area contributed by atoms with E-state index in [-0.39, 0.29) is 13.2 Å². The Morgan fingerprint density at radius 3 is 2.66 bits per heavy atom. The molecule has 8 nitrogen and oxygen atoms in total. The maximum Gasteiger partial charge on any atom is 0.243 e. The summed E-state index contributed by atoms with van der Waals surface area (Å²) >= 11 is 1.52. The first-order valence-electron chi connectivity index (χ1n) is 11.8. The topological polar surface area (TPSA) is 103 Å². The van der Waals surface area contributed by atoms with Crippen molar-refractivity contribution in [2.75, 3.05) is 20.3 Å². The van der Waals surface area contributed by atoms with Gasteiger partial charge in [0, 0.05) is 19.2 Å². The number of thiazole rings is 1. The van der Waals surface area contributed by atoms with Crippen LogP contribution in [0.3, 0.4) is 0 Å². The molecule has 0 spiro atoms. The smallest absolute Gasteiger partial charge is 0.243 e. The highest BCUT2D eigenvalue weighted by molar-refractivity contribution is 7.89. The van der Waals surface area contributed by atoms with Crippen molar-refractivity contribution in [1.82, 2.24) is 19.7 Å². The zero-order valence-electron chi connectivity index (χ0n) is 21.0. The average molecular weight is 553 g/mol. The Morgan fingerprint density at radius 2 is 1.87 bits per heavy atom. The number of hydrogen-bond acceptors (Lipinski definition) is 8. The third-order valence-electron chi connectivity index (χ3n) is 5.81. The standard InChI is InChI=1S/C27H25FN4O4S2/c1-16-10-20(26-22(11-16)31-18(14-29-26)15-35-3)27-32-25-17(2)12-19(13-23(25)37-27)36-9-8-30-38(33,34)24-7-5-4-6-21(24)28/h4-7,10-14,30H,8-9,15H2,1-3H3. The third-order valence-corrected chi connectivity index (χ3v) is 8.34. The molecular weight excluding hydrogens is 527 g/mol. The number of hydrogen-bond donors (Lipinski definition) is 1. The van der Waals surface area contributed by atoms with Crippen LogP contribution in [0.2, 0.25) is 0 Å². The van der Waals surface area contributed by atoms with Crippen LogP contribution in [-0.4, -0.2) is 43.6 Å². The minimum Gasteiger partial charge on any atom is -0.492 e. The Bertz CT molecular complexity index is 1760. The predicted octanol–water partition coefficient (Wildman–Crippen LogP) is 5.17. The molecule has 0 unspecified atom stereocenters. The average Bonchev–Trinajstić information content (AvgIpc) is 3.31. The van der Waals surface area contributed by atoms with Gasteiger partial charge in [0.15, 0.2) is 0 Å². The minimum absolute atomic E-state index is 0.0132. The summed E-state index contributed by atoms with van der Waals surface area (Å²) in [4.78, 5) is 13.8. The van der Waals surface area contributed by atoms with E-state index in [0.29, 0.717) is 12.4 Å². The van der Waals surface area contributed by atoms with Crippen LogP contribution >= 0.6 is 11.3 Å². The van der Waals surface area contributed by atoms with Gasteiger partial charge in [-0.1, -0.05) is 12.1 Å². The van der Waals surface area contributed by atoms with Crippen molar-refractivity contribution < 1.29 is 22.3 Å². The highest BCUT2D eigenvalue weighted by Crippen LogP contribution is 2.37. The summed E-state index contributed by atoms with van der Waals surface area (Å²) in [6.45, 7) is 4.41. The maximum absolute atomic E-state index is 13.9. The van der Waals surface area contributed by atoms with Crippen molar-refractivity contribution in [3.8, 4) is 16.3 Å². The van der Waals surface area contributed by atoms with Crippen LogP contribution in [0.15, 0.2) is 59.6 Å². The molecule has 196 valence electrons. The van der Waals surface area contributed by atoms with Crippen molar-refractivity contribution in [1.29, 1.82) is 0 Å². The Labute approximate surface area is 223 Å². The number of aryl methyl sites for hydroxylation is 2. The molecule has 0 saturated carbocycles. The van der Waals surface area contributed by atoms with Gasteiger partial charge in [-0.15, -0.1) is 11.3 Å². The number of ether oxygens (including phenoxy) is 2. The Hall–Kier alpha value is -3.51. The molecule has 2 heterocycles. The number of nitrogens with one attached hydrogen (secondary N) is 1. The second-order valence-electron chi connectivity index (χ2n) is 8.76. The van der Waals surface area contributed by atoms with E-state index in [1.54, 1.807) is 13.3 Å². The van der Waals surface area contributed by atoms with Crippen LogP contribution in [0.4, 0.5) is 4.39 Å². The molecular formula is C27H25FN4O4S2. The van der Waals surface area contributed by atoms with Gasteiger partial charge in [-0.2, -0.15) is 0 Å². The molecule has 0 aliphatic heterocycles. The number of methoxy groups -OCH3 is 1. The molecule has 0 aliphatic carbocycles. The fourth-order valence-electron chi connectivity index (χ4n) is 4.13. The van der Waals surface area contributed by atoms with Crippen molar-refractivity contribution >= 4 is 42.6 Å². The van der Waals surface area contributed by atoms with Crippen molar-refractivity contribution in [3.05, 3.63) is 77.4 Å². The van der Waals surface area contributed by atoms with E-state index in [4.69, 9.17) is 14.5 Å². The zero-order chi connectivity index (χ0) is 26.9. The summed E-state index contributed by atoms with van der Waals surface area (Å²) in [7, 11) is -2.35. The number of halogens is 1. The van der Waals surface area contributed by atoms with Crippen LogP contribution in [-0.2, 0) is 21.4 Å². The number of nitrogens with zero attached hydrogens (tertiary/aromatic N) is 3. The van der Waals surface area contributed by atoms with Gasteiger partial charge in [0.05, 0.1) is 39.7 Å². The second kappa shape index (κ2) is 10.7. The lowest BCUT2D eigenvalue weighted by Gasteiger charge is -2.10. The Morgan fingerprint density at radius 1 is 1.05 bits per heavy atom. The summed E-state index contributed by atoms with van der Waals surface area (Å²) in [5, 5.41) is 0.820. The first kappa shape index (κ1) is 26.1. The van der Waals surface area contributed by atoms with Gasteiger partial charge in [-0.25, -0.2) is 27.5 Å². The lowest BCUT2D eigenvalue weighted by molar-refractivity contribution is 0.181. The molecule has 0 saturated heterocycles. The highest BCUT2D eigenvalue weighted by atomic mass is 32.2. The molecule has 0 radical (unpaired) electrons. The van der Waals surface area contributed by atoms with Gasteiger partial charge in [0.25, 0.3) is 0 Å². The van der Waals surface area contributed by atoms with E-state index in [1.807, 2.05) is 32.0 Å². The summed E-state index contributed by atoms with van der Waals surface area (Å²) in [5.41, 5.74) is 6.05. The minimum atomic E-state index is -3.97. The first-order valence-corrected chi connectivity index (χ1v) is 14.1. The largest absolute Gasteiger partial charge is 0.492 e. The number of benzene rings is 3. The number of aromatic nitrogens is 3. The van der Waals surface area contributed by atoms with Crippen LogP contribution < -0.4 is 9.46 Å². The molecule has 5 aromatic rings. The molecule has 0 atom stereocenters. The number of rotatable bonds is 9. The molecule has 2 aromatic heterocycles. The second-order valence-corrected chi connectivity index (χ2v) is 11.5. The van der Waals surface area contributed by atoms with Crippen molar-refractivity contribution in [2.45, 2.75) is 25.3 Å². The maximum atomic E-state index is 13.9. The first-order chi connectivity index (χ1) is 18.2. The van der Waals surface area contributed by atoms with Gasteiger partial charge < -0.3 is 9.47 Å². The van der Waals surface area contributed by atoms with Crippen LogP contribution in [0, 0.1) is 19.7 Å². The number of fused-ring (bicyclic) bond motifs is 2. The van der Waals surface area contributed by atoms with Crippen molar-refractivity contribution in [3.63, 3.8) is 0 Å². The van der Waals surface area contributed by atoms with Crippen LogP contribution in [0.5, 0.6) is 5.75 Å². The summed E-state index contributed by atoms with van der Waals surface area (Å²) in [5.74, 6) is -0.209. The quantitative estimate of drug-likeness (QED) is 0.252. The van der Waals surface area contributed by atoms with Gasteiger partial charge in [0.1, 0.15) is 28.1 Å². The third kappa shape index (κ3) is 5.37. The molecule has 5 rings (SSSR count). The molecule has 0 bridgehead atoms. The van der Waals surface area contributed by atoms with Gasteiger partial charge >= 0.3 is 0 Å². The lowest BCUT2D eigenvalue weighted by Crippen LogP contribution is -2.28. The highest BCUT2D eigenvalue weighted by Gasteiger charge is 2.18. The zero-order valence-corrected chi connectivity index (χ0v) is 22.6. The van der Waals surface area contributed by atoms with Crippen molar-refractivity contribution in [2.24, 2.45) is 0 Å². The molecule has 3 aromatic carbocycles. The summed E-state index contributed by atoms with van der Waals surface area (Å²) in [6, 6.07) is 13.0. The molecule has 38 heavy (non-hydrogen) atoms. The summed E-state index contributed by atoms with van der Waals surface area (Å²) < 4.78 is 52.9. The van der Waals surface area contributed by atoms with E-state index in [2.05, 4.69) is 20.8 Å². The van der Waals surface area contributed by atoms with Gasteiger partial charge in [-0.3, -0.25) is 4.98 Å². The van der Waals surface area contributed by atoms with Gasteiger partial charge in [0.2, 0.25) is 10.0 Å². The van der Waals surface area contributed by atoms with E-state index >= 15 is 0 Å². The summed E-state index contributed by atoms with van der Waals surface area (Å²) in [6.07, 6.45) is 1.72. The SMILES string of the molecule is COCc1cnc2c(-c3nc4c(C)cc(OCCNS(=O)(=O)c5ccccc5F)cc4s3)cc(C)cc2n1.